The Labute approximate surface area is 128 Å². The third-order valence-electron chi connectivity index (χ3n) is 3.41. The van der Waals surface area contributed by atoms with Crippen LogP contribution < -0.4 is 5.32 Å². The molecule has 0 bridgehead atoms. The normalized spacial score (nSPS) is 12.1. The summed E-state index contributed by atoms with van der Waals surface area (Å²) < 4.78 is 5.10. The molecule has 1 atom stereocenters. The third-order valence-corrected chi connectivity index (χ3v) is 3.41. The van der Waals surface area contributed by atoms with Gasteiger partial charge >= 0.3 is 11.9 Å². The van der Waals surface area contributed by atoms with Gasteiger partial charge in [0.1, 0.15) is 6.04 Å². The van der Waals surface area contributed by atoms with Gasteiger partial charge in [-0.15, -0.1) is 0 Å². The van der Waals surface area contributed by atoms with Crippen molar-refractivity contribution in [3.63, 3.8) is 0 Å². The van der Waals surface area contributed by atoms with Gasteiger partial charge in [-0.3, -0.25) is 9.59 Å². The molecule has 0 saturated heterocycles. The summed E-state index contributed by atoms with van der Waals surface area (Å²) in [4.78, 5) is 21.9. The molecule has 0 fully saturated rings. The van der Waals surface area contributed by atoms with Gasteiger partial charge in [-0.1, -0.05) is 51.9 Å². The minimum atomic E-state index is -0.915. The highest BCUT2D eigenvalue weighted by molar-refractivity contribution is 5.73. The Balaban J connectivity index is 3.28. The van der Waals surface area contributed by atoms with Gasteiger partial charge < -0.3 is 15.2 Å². The molecule has 0 aliphatic carbocycles. The lowest BCUT2D eigenvalue weighted by Crippen LogP contribution is -2.35. The molecule has 0 rings (SSSR count). The van der Waals surface area contributed by atoms with Gasteiger partial charge in [-0.05, 0) is 13.3 Å². The van der Waals surface area contributed by atoms with Crippen molar-refractivity contribution in [3.05, 3.63) is 0 Å². The first-order valence-electron chi connectivity index (χ1n) is 8.19. The van der Waals surface area contributed by atoms with Crippen LogP contribution in [-0.2, 0) is 14.3 Å². The van der Waals surface area contributed by atoms with Gasteiger partial charge in [0.2, 0.25) is 0 Å². The zero-order chi connectivity index (χ0) is 15.9. The summed E-state index contributed by atoms with van der Waals surface area (Å²) in [5, 5.41) is 11.4. The van der Waals surface area contributed by atoms with Crippen molar-refractivity contribution in [2.24, 2.45) is 0 Å². The molecule has 0 aliphatic rings. The van der Waals surface area contributed by atoms with Crippen molar-refractivity contribution in [1.82, 2.24) is 5.32 Å². The van der Waals surface area contributed by atoms with Crippen LogP contribution in [0.3, 0.4) is 0 Å². The highest BCUT2D eigenvalue weighted by Gasteiger charge is 2.10. The molecule has 21 heavy (non-hydrogen) atoms. The van der Waals surface area contributed by atoms with E-state index >= 15 is 0 Å². The number of carbonyl (C=O) groups excluding carboxylic acids is 1. The summed E-state index contributed by atoms with van der Waals surface area (Å²) >= 11 is 0. The third kappa shape index (κ3) is 13.6. The molecule has 0 heterocycles. The Morgan fingerprint density at radius 1 is 1.05 bits per heavy atom. The van der Waals surface area contributed by atoms with Crippen LogP contribution in [0.2, 0.25) is 0 Å². The fourth-order valence-electron chi connectivity index (χ4n) is 1.97. The van der Waals surface area contributed by atoms with Gasteiger partial charge in [0.25, 0.3) is 0 Å². The molecule has 0 saturated carbocycles. The number of ether oxygens (including phenoxy) is 1. The second-order valence-corrected chi connectivity index (χ2v) is 5.46. The summed E-state index contributed by atoms with van der Waals surface area (Å²) in [7, 11) is 0. The maximum absolute atomic E-state index is 11.4. The minimum Gasteiger partial charge on any atom is -0.480 e. The van der Waals surface area contributed by atoms with Crippen LogP contribution in [0.15, 0.2) is 0 Å². The highest BCUT2D eigenvalue weighted by Crippen LogP contribution is 2.08. The molecule has 5 heteroatoms. The predicted octanol–water partition coefficient (Wildman–Crippen LogP) is 3.12. The van der Waals surface area contributed by atoms with E-state index in [-0.39, 0.29) is 12.4 Å². The second-order valence-electron chi connectivity index (χ2n) is 5.46. The molecule has 0 aromatic carbocycles. The van der Waals surface area contributed by atoms with Crippen molar-refractivity contribution in [2.45, 2.75) is 77.7 Å². The maximum Gasteiger partial charge on any atom is 0.320 e. The minimum absolute atomic E-state index is 0.217. The fourth-order valence-corrected chi connectivity index (χ4v) is 1.97. The first-order valence-corrected chi connectivity index (χ1v) is 8.19. The number of esters is 1. The number of nitrogens with one attached hydrogen (secondary N) is 1. The van der Waals surface area contributed by atoms with E-state index in [1.54, 1.807) is 6.92 Å². The van der Waals surface area contributed by atoms with E-state index in [1.807, 2.05) is 0 Å². The van der Waals surface area contributed by atoms with E-state index in [4.69, 9.17) is 9.84 Å². The number of carbonyl (C=O) groups is 2. The molecule has 2 N–H and O–H groups in total. The largest absolute Gasteiger partial charge is 0.480 e. The Morgan fingerprint density at radius 3 is 2.19 bits per heavy atom. The SMILES string of the molecule is CCCCCCCCCCOC(=O)CCN[C@@H](C)C(=O)O. The first kappa shape index (κ1) is 19.9. The Bertz CT molecular complexity index is 281. The maximum atomic E-state index is 11.4. The molecule has 0 aliphatic heterocycles. The summed E-state index contributed by atoms with van der Waals surface area (Å²) in [6.45, 7) is 4.58. The molecule has 0 spiro atoms. The number of unbranched alkanes of at least 4 members (excludes halogenated alkanes) is 7. The summed E-state index contributed by atoms with van der Waals surface area (Å²) in [6.07, 6.45) is 9.95. The zero-order valence-corrected chi connectivity index (χ0v) is 13.5. The molecule has 0 amide bonds. The number of hydrogen-bond acceptors (Lipinski definition) is 4. The van der Waals surface area contributed by atoms with Crippen molar-refractivity contribution in [3.8, 4) is 0 Å². The van der Waals surface area contributed by atoms with E-state index in [0.717, 1.165) is 12.8 Å². The molecular weight excluding hydrogens is 270 g/mol. The van der Waals surface area contributed by atoms with Crippen molar-refractivity contribution in [1.29, 1.82) is 0 Å². The summed E-state index contributed by atoms with van der Waals surface area (Å²) in [5.41, 5.74) is 0. The van der Waals surface area contributed by atoms with E-state index < -0.39 is 12.0 Å². The molecular formula is C16H31NO4. The van der Waals surface area contributed by atoms with E-state index in [0.29, 0.717) is 13.2 Å². The van der Waals surface area contributed by atoms with Crippen LogP contribution in [0, 0.1) is 0 Å². The molecule has 5 nitrogen and oxygen atoms in total. The monoisotopic (exact) mass is 301 g/mol. The number of carboxylic acids is 1. The molecule has 124 valence electrons. The van der Waals surface area contributed by atoms with E-state index in [9.17, 15) is 9.59 Å². The van der Waals surface area contributed by atoms with Gasteiger partial charge in [-0.2, -0.15) is 0 Å². The van der Waals surface area contributed by atoms with Gasteiger partial charge in [-0.25, -0.2) is 0 Å². The van der Waals surface area contributed by atoms with Crippen molar-refractivity contribution >= 4 is 11.9 Å². The quantitative estimate of drug-likeness (QED) is 0.381. The first-order chi connectivity index (χ1) is 10.1. The lowest BCUT2D eigenvalue weighted by Gasteiger charge is -2.09. The predicted molar refractivity (Wildman–Crippen MR) is 83.3 cm³/mol. The Morgan fingerprint density at radius 2 is 1.62 bits per heavy atom. The van der Waals surface area contributed by atoms with Crippen molar-refractivity contribution < 1.29 is 19.4 Å². The number of hydrogen-bond donors (Lipinski definition) is 2. The van der Waals surface area contributed by atoms with Gasteiger partial charge in [0.05, 0.1) is 13.0 Å². The second kappa shape index (κ2) is 13.9. The van der Waals surface area contributed by atoms with Gasteiger partial charge in [0, 0.05) is 6.54 Å². The number of carboxylic acid groups (broad SMARTS) is 1. The Kier molecular flexibility index (Phi) is 13.1. The van der Waals surface area contributed by atoms with Crippen LogP contribution in [0.1, 0.15) is 71.6 Å². The van der Waals surface area contributed by atoms with Crippen LogP contribution in [0.5, 0.6) is 0 Å². The topological polar surface area (TPSA) is 75.6 Å². The average molecular weight is 301 g/mol. The zero-order valence-electron chi connectivity index (χ0n) is 13.5. The molecule has 0 radical (unpaired) electrons. The average Bonchev–Trinajstić information content (AvgIpc) is 2.45. The fraction of sp³-hybridized carbons (Fsp3) is 0.875. The van der Waals surface area contributed by atoms with Crippen LogP contribution >= 0.6 is 0 Å². The Hall–Kier alpha value is -1.10. The van der Waals surface area contributed by atoms with Crippen LogP contribution in [-0.4, -0.2) is 36.2 Å². The lowest BCUT2D eigenvalue weighted by molar-refractivity contribution is -0.144. The van der Waals surface area contributed by atoms with E-state index in [1.165, 1.54) is 38.5 Å². The lowest BCUT2D eigenvalue weighted by atomic mass is 10.1. The number of aliphatic carboxylic acids is 1. The smallest absolute Gasteiger partial charge is 0.320 e. The summed E-state index contributed by atoms with van der Waals surface area (Å²) in [5.74, 6) is -1.18. The molecule has 0 aromatic rings. The van der Waals surface area contributed by atoms with E-state index in [2.05, 4.69) is 12.2 Å². The van der Waals surface area contributed by atoms with Gasteiger partial charge in [0.15, 0.2) is 0 Å². The number of rotatable bonds is 14. The highest BCUT2D eigenvalue weighted by atomic mass is 16.5. The summed E-state index contributed by atoms with van der Waals surface area (Å²) in [6, 6.07) is -0.634. The van der Waals surface area contributed by atoms with Crippen LogP contribution in [0.4, 0.5) is 0 Å². The standard InChI is InChI=1S/C16H31NO4/c1-3-4-5-6-7-8-9-10-13-21-15(18)11-12-17-14(2)16(19)20/h14,17H,3-13H2,1-2H3,(H,19,20)/t14-/m0/s1. The van der Waals surface area contributed by atoms with Crippen molar-refractivity contribution in [2.75, 3.05) is 13.2 Å². The molecule has 0 aromatic heterocycles. The molecule has 0 unspecified atom stereocenters. The van der Waals surface area contributed by atoms with Crippen LogP contribution in [0.25, 0.3) is 0 Å².